The van der Waals surface area contributed by atoms with E-state index in [1.165, 1.54) is 18.2 Å². The SMILES string of the molecule is O=C([O-])c1cc2ccc(OC(=O)C3CC4C=CC3C4)cc2oc1=O. The van der Waals surface area contributed by atoms with E-state index in [0.29, 0.717) is 11.3 Å². The van der Waals surface area contributed by atoms with Gasteiger partial charge in [0.25, 0.3) is 0 Å². The van der Waals surface area contributed by atoms with Crippen molar-refractivity contribution in [1.29, 1.82) is 0 Å². The third-order valence-corrected chi connectivity index (χ3v) is 4.73. The van der Waals surface area contributed by atoms with E-state index in [-0.39, 0.29) is 29.1 Å². The maximum Gasteiger partial charge on any atom is 0.345 e. The Morgan fingerprint density at radius 1 is 1.17 bits per heavy atom. The summed E-state index contributed by atoms with van der Waals surface area (Å²) in [4.78, 5) is 34.8. The van der Waals surface area contributed by atoms with Gasteiger partial charge in [-0.05, 0) is 42.9 Å². The molecule has 6 heteroatoms. The van der Waals surface area contributed by atoms with Crippen LogP contribution in [0.1, 0.15) is 23.2 Å². The lowest BCUT2D eigenvalue weighted by Crippen LogP contribution is -2.28. The average Bonchev–Trinajstić information content (AvgIpc) is 3.17. The molecule has 122 valence electrons. The van der Waals surface area contributed by atoms with Crippen molar-refractivity contribution in [3.8, 4) is 5.75 Å². The number of hydrogen-bond acceptors (Lipinski definition) is 6. The largest absolute Gasteiger partial charge is 0.545 e. The molecule has 2 aliphatic rings. The summed E-state index contributed by atoms with van der Waals surface area (Å²) < 4.78 is 10.4. The zero-order valence-corrected chi connectivity index (χ0v) is 12.6. The highest BCUT2D eigenvalue weighted by Gasteiger charge is 2.40. The predicted molar refractivity (Wildman–Crippen MR) is 81.3 cm³/mol. The summed E-state index contributed by atoms with van der Waals surface area (Å²) in [6.45, 7) is 0. The molecule has 0 spiro atoms. The van der Waals surface area contributed by atoms with E-state index in [4.69, 9.17) is 9.15 Å². The number of benzene rings is 1. The van der Waals surface area contributed by atoms with Crippen LogP contribution < -0.4 is 15.5 Å². The lowest BCUT2D eigenvalue weighted by atomic mass is 9.94. The Hall–Kier alpha value is -2.89. The number of fused-ring (bicyclic) bond motifs is 3. The molecule has 0 N–H and O–H groups in total. The van der Waals surface area contributed by atoms with Crippen LogP contribution >= 0.6 is 0 Å². The van der Waals surface area contributed by atoms with Crippen molar-refractivity contribution in [2.24, 2.45) is 17.8 Å². The fourth-order valence-corrected chi connectivity index (χ4v) is 3.54. The quantitative estimate of drug-likeness (QED) is 0.365. The van der Waals surface area contributed by atoms with E-state index in [1.54, 1.807) is 6.07 Å². The molecule has 0 radical (unpaired) electrons. The lowest BCUT2D eigenvalue weighted by molar-refractivity contribution is -0.255. The summed E-state index contributed by atoms with van der Waals surface area (Å²) in [5.74, 6) is -1.05. The minimum absolute atomic E-state index is 0.136. The highest BCUT2D eigenvalue weighted by molar-refractivity contribution is 5.90. The zero-order valence-electron chi connectivity index (χ0n) is 12.6. The first-order valence-electron chi connectivity index (χ1n) is 7.70. The summed E-state index contributed by atoms with van der Waals surface area (Å²) in [6.07, 6.45) is 6.02. The van der Waals surface area contributed by atoms with Crippen molar-refractivity contribution in [3.05, 3.63) is 52.4 Å². The summed E-state index contributed by atoms with van der Waals surface area (Å²) in [7, 11) is 0. The molecule has 24 heavy (non-hydrogen) atoms. The Kier molecular flexibility index (Phi) is 3.26. The minimum Gasteiger partial charge on any atom is -0.545 e. The summed E-state index contributed by atoms with van der Waals surface area (Å²) in [5.41, 5.74) is -1.38. The molecule has 2 aromatic rings. The second-order valence-corrected chi connectivity index (χ2v) is 6.24. The lowest BCUT2D eigenvalue weighted by Gasteiger charge is -2.16. The number of ether oxygens (including phenoxy) is 1. The molecule has 6 nitrogen and oxygen atoms in total. The molecule has 3 unspecified atom stereocenters. The van der Waals surface area contributed by atoms with E-state index in [0.717, 1.165) is 12.8 Å². The molecule has 0 amide bonds. The van der Waals surface area contributed by atoms with Gasteiger partial charge in [-0.3, -0.25) is 4.79 Å². The number of esters is 1. The van der Waals surface area contributed by atoms with Crippen molar-refractivity contribution in [2.45, 2.75) is 12.8 Å². The van der Waals surface area contributed by atoms with Crippen molar-refractivity contribution >= 4 is 22.9 Å². The van der Waals surface area contributed by atoms with Crippen LogP contribution in [0.15, 0.2) is 45.6 Å². The van der Waals surface area contributed by atoms with E-state index in [9.17, 15) is 19.5 Å². The Morgan fingerprint density at radius 2 is 2.00 bits per heavy atom. The van der Waals surface area contributed by atoms with Crippen LogP contribution in [-0.2, 0) is 4.79 Å². The second kappa shape index (κ2) is 5.33. The highest BCUT2D eigenvalue weighted by Crippen LogP contribution is 2.44. The molecule has 1 fully saturated rings. The normalized spacial score (nSPS) is 24.4. The molecule has 1 aromatic carbocycles. The van der Waals surface area contributed by atoms with Gasteiger partial charge in [0.1, 0.15) is 11.3 Å². The molecule has 2 aliphatic carbocycles. The number of hydrogen-bond donors (Lipinski definition) is 0. The van der Waals surface area contributed by atoms with Crippen molar-refractivity contribution in [1.82, 2.24) is 0 Å². The van der Waals surface area contributed by atoms with Gasteiger partial charge in [-0.2, -0.15) is 0 Å². The molecule has 2 bridgehead atoms. The number of carbonyl (C=O) groups is 2. The van der Waals surface area contributed by atoms with Gasteiger partial charge in [-0.25, -0.2) is 4.79 Å². The molecule has 1 heterocycles. The van der Waals surface area contributed by atoms with Crippen LogP contribution in [0.3, 0.4) is 0 Å². The first kappa shape index (κ1) is 14.7. The third kappa shape index (κ3) is 2.40. The van der Waals surface area contributed by atoms with Gasteiger partial charge in [0.05, 0.1) is 17.5 Å². The molecular formula is C18H13O6-. The van der Waals surface area contributed by atoms with Crippen molar-refractivity contribution in [2.75, 3.05) is 0 Å². The fourth-order valence-electron chi connectivity index (χ4n) is 3.54. The van der Waals surface area contributed by atoms with Crippen LogP contribution in [0.4, 0.5) is 0 Å². The number of carboxylic acids is 1. The van der Waals surface area contributed by atoms with Crippen molar-refractivity contribution < 1.29 is 23.8 Å². The zero-order chi connectivity index (χ0) is 16.8. The smallest absolute Gasteiger partial charge is 0.345 e. The van der Waals surface area contributed by atoms with Crippen LogP contribution in [-0.4, -0.2) is 11.9 Å². The predicted octanol–water partition coefficient (Wildman–Crippen LogP) is 1.27. The number of aromatic carboxylic acids is 1. The van der Waals surface area contributed by atoms with Gasteiger partial charge in [-0.1, -0.05) is 12.2 Å². The summed E-state index contributed by atoms with van der Waals surface area (Å²) in [6, 6.07) is 5.68. The van der Waals surface area contributed by atoms with Crippen LogP contribution in [0.2, 0.25) is 0 Å². The van der Waals surface area contributed by atoms with Gasteiger partial charge < -0.3 is 19.1 Å². The fraction of sp³-hybridized carbons (Fsp3) is 0.278. The molecule has 3 atom stereocenters. The first-order valence-corrected chi connectivity index (χ1v) is 7.70. The highest BCUT2D eigenvalue weighted by atomic mass is 16.5. The molecule has 0 aliphatic heterocycles. The number of allylic oxidation sites excluding steroid dienone is 2. The van der Waals surface area contributed by atoms with Gasteiger partial charge in [-0.15, -0.1) is 0 Å². The molecule has 4 rings (SSSR count). The Bertz CT molecular complexity index is 938. The standard InChI is InChI=1S/C18H14O6/c19-16(20)14-7-11-3-4-12(8-15(11)24-18(14)22)23-17(21)13-6-9-1-2-10(13)5-9/h1-4,7-10,13H,5-6H2,(H,19,20)/p-1. The molecule has 1 aromatic heterocycles. The maximum absolute atomic E-state index is 12.3. The summed E-state index contributed by atoms with van der Waals surface area (Å²) in [5, 5.41) is 11.3. The number of carbonyl (C=O) groups excluding carboxylic acids is 2. The van der Waals surface area contributed by atoms with E-state index in [1.807, 2.05) is 0 Å². The first-order chi connectivity index (χ1) is 11.5. The Balaban J connectivity index is 1.60. The van der Waals surface area contributed by atoms with Crippen LogP contribution in [0.5, 0.6) is 5.75 Å². The minimum atomic E-state index is -1.59. The van der Waals surface area contributed by atoms with Gasteiger partial charge in [0.15, 0.2) is 0 Å². The number of carboxylic acid groups (broad SMARTS) is 1. The monoisotopic (exact) mass is 325 g/mol. The van der Waals surface area contributed by atoms with Crippen LogP contribution in [0, 0.1) is 17.8 Å². The average molecular weight is 325 g/mol. The van der Waals surface area contributed by atoms with E-state index in [2.05, 4.69) is 12.2 Å². The van der Waals surface area contributed by atoms with Crippen LogP contribution in [0.25, 0.3) is 11.0 Å². The van der Waals surface area contributed by atoms with Gasteiger partial charge in [0, 0.05) is 11.5 Å². The summed E-state index contributed by atoms with van der Waals surface area (Å²) >= 11 is 0. The number of rotatable bonds is 3. The Labute approximate surface area is 136 Å². The van der Waals surface area contributed by atoms with Gasteiger partial charge >= 0.3 is 11.6 Å². The van der Waals surface area contributed by atoms with E-state index < -0.39 is 17.2 Å². The molecule has 0 saturated heterocycles. The van der Waals surface area contributed by atoms with Gasteiger partial charge in [0.2, 0.25) is 0 Å². The topological polar surface area (TPSA) is 96.6 Å². The van der Waals surface area contributed by atoms with E-state index >= 15 is 0 Å². The van der Waals surface area contributed by atoms with Crippen molar-refractivity contribution in [3.63, 3.8) is 0 Å². The Morgan fingerprint density at radius 3 is 2.67 bits per heavy atom. The molecule has 1 saturated carbocycles. The maximum atomic E-state index is 12.3. The second-order valence-electron chi connectivity index (χ2n) is 6.24. The molecular weight excluding hydrogens is 312 g/mol. The third-order valence-electron chi connectivity index (χ3n) is 4.73.